The van der Waals surface area contributed by atoms with Crippen LogP contribution in [0.4, 0.5) is 0 Å². The second-order valence-electron chi connectivity index (χ2n) is 4.94. The molecule has 0 aliphatic rings. The molecule has 2 nitrogen and oxygen atoms in total. The minimum atomic E-state index is 0.322. The van der Waals surface area contributed by atoms with Crippen LogP contribution in [0.2, 0.25) is 0 Å². The number of fused-ring (bicyclic) bond motifs is 1. The van der Waals surface area contributed by atoms with Gasteiger partial charge in [0.2, 0.25) is 0 Å². The van der Waals surface area contributed by atoms with Gasteiger partial charge in [0.15, 0.2) is 0 Å². The van der Waals surface area contributed by atoms with Crippen molar-refractivity contribution in [2.24, 2.45) is 0 Å². The van der Waals surface area contributed by atoms with Gasteiger partial charge in [0.05, 0.1) is 11.2 Å². The van der Waals surface area contributed by atoms with Gasteiger partial charge in [-0.3, -0.25) is 4.98 Å². The van der Waals surface area contributed by atoms with Gasteiger partial charge in [0.1, 0.15) is 0 Å². The molecular formula is C17H22N2. The third-order valence-corrected chi connectivity index (χ3v) is 3.55. The largest absolute Gasteiger partial charge is 0.312 e. The molecule has 1 N–H and O–H groups in total. The zero-order valence-corrected chi connectivity index (χ0v) is 11.8. The van der Waals surface area contributed by atoms with Crippen LogP contribution in [0.1, 0.15) is 36.6 Å². The molecule has 0 amide bonds. The first kappa shape index (κ1) is 13.8. The lowest BCUT2D eigenvalue weighted by Gasteiger charge is -2.17. The summed E-state index contributed by atoms with van der Waals surface area (Å²) in [7, 11) is 2.00. The first-order valence-corrected chi connectivity index (χ1v) is 6.90. The van der Waals surface area contributed by atoms with Gasteiger partial charge >= 0.3 is 0 Å². The van der Waals surface area contributed by atoms with Crippen LogP contribution in [-0.2, 0) is 0 Å². The highest BCUT2D eigenvalue weighted by molar-refractivity contribution is 5.82. The van der Waals surface area contributed by atoms with Crippen LogP contribution in [0, 0.1) is 6.92 Å². The van der Waals surface area contributed by atoms with Crippen LogP contribution in [0.25, 0.3) is 10.9 Å². The Bertz CT molecular complexity index is 560. The van der Waals surface area contributed by atoms with Gasteiger partial charge in [0, 0.05) is 11.4 Å². The van der Waals surface area contributed by atoms with Crippen LogP contribution in [0.15, 0.2) is 43.0 Å². The number of nitrogens with one attached hydrogen (secondary N) is 1. The van der Waals surface area contributed by atoms with E-state index in [4.69, 9.17) is 4.98 Å². The highest BCUT2D eigenvalue weighted by atomic mass is 14.9. The molecule has 2 aromatic rings. The summed E-state index contributed by atoms with van der Waals surface area (Å²) in [6.45, 7) is 5.93. The molecule has 1 heterocycles. The Hall–Kier alpha value is -1.67. The maximum atomic E-state index is 4.80. The molecule has 0 aliphatic carbocycles. The first-order chi connectivity index (χ1) is 9.26. The van der Waals surface area contributed by atoms with Crippen LogP contribution >= 0.6 is 0 Å². The van der Waals surface area contributed by atoms with Gasteiger partial charge < -0.3 is 5.32 Å². The second-order valence-corrected chi connectivity index (χ2v) is 4.94. The van der Waals surface area contributed by atoms with E-state index in [9.17, 15) is 0 Å². The first-order valence-electron chi connectivity index (χ1n) is 6.90. The van der Waals surface area contributed by atoms with Crippen molar-refractivity contribution in [3.05, 3.63) is 54.2 Å². The predicted molar refractivity (Wildman–Crippen MR) is 82.3 cm³/mol. The minimum Gasteiger partial charge on any atom is -0.312 e. The zero-order valence-electron chi connectivity index (χ0n) is 11.8. The fourth-order valence-electron chi connectivity index (χ4n) is 2.46. The summed E-state index contributed by atoms with van der Waals surface area (Å²) in [6.07, 6.45) is 5.27. The van der Waals surface area contributed by atoms with E-state index in [2.05, 4.69) is 43.1 Å². The molecule has 100 valence electrons. The van der Waals surface area contributed by atoms with E-state index in [1.165, 1.54) is 10.9 Å². The minimum absolute atomic E-state index is 0.322. The molecule has 1 aromatic heterocycles. The van der Waals surface area contributed by atoms with Crippen molar-refractivity contribution >= 4 is 10.9 Å². The summed E-state index contributed by atoms with van der Waals surface area (Å²) in [5.74, 6) is 0. The summed E-state index contributed by atoms with van der Waals surface area (Å²) >= 11 is 0. The lowest BCUT2D eigenvalue weighted by atomic mass is 10.0. The Balaban J connectivity index is 2.29. The van der Waals surface area contributed by atoms with Crippen molar-refractivity contribution in [2.75, 3.05) is 7.05 Å². The Kier molecular flexibility index (Phi) is 4.69. The van der Waals surface area contributed by atoms with Crippen molar-refractivity contribution in [2.45, 2.75) is 32.2 Å². The SMILES string of the molecule is C=CCCCC(NC)c1cc(C)c2ccccc2n1. The molecule has 0 saturated heterocycles. The van der Waals surface area contributed by atoms with E-state index in [0.717, 1.165) is 30.5 Å². The summed E-state index contributed by atoms with van der Waals surface area (Å²) in [5.41, 5.74) is 3.52. The Morgan fingerprint density at radius 1 is 1.37 bits per heavy atom. The normalized spacial score (nSPS) is 12.5. The average Bonchev–Trinajstić information content (AvgIpc) is 2.44. The molecule has 0 radical (unpaired) electrons. The topological polar surface area (TPSA) is 24.9 Å². The number of aromatic nitrogens is 1. The maximum absolute atomic E-state index is 4.80. The number of pyridine rings is 1. The van der Waals surface area contributed by atoms with Gasteiger partial charge in [-0.25, -0.2) is 0 Å². The van der Waals surface area contributed by atoms with E-state index in [0.29, 0.717) is 6.04 Å². The summed E-state index contributed by atoms with van der Waals surface area (Å²) in [4.78, 5) is 4.80. The van der Waals surface area contributed by atoms with Crippen LogP contribution in [0.3, 0.4) is 0 Å². The number of hydrogen-bond acceptors (Lipinski definition) is 2. The summed E-state index contributed by atoms with van der Waals surface area (Å²) in [5, 5.41) is 4.62. The number of rotatable bonds is 6. The number of nitrogens with zero attached hydrogens (tertiary/aromatic N) is 1. The molecule has 0 aliphatic heterocycles. The lowest BCUT2D eigenvalue weighted by molar-refractivity contribution is 0.519. The monoisotopic (exact) mass is 254 g/mol. The van der Waals surface area contributed by atoms with Crippen LogP contribution < -0.4 is 5.32 Å². The number of hydrogen-bond donors (Lipinski definition) is 1. The van der Waals surface area contributed by atoms with Gasteiger partial charge in [-0.05, 0) is 50.9 Å². The molecule has 0 bridgehead atoms. The Morgan fingerprint density at radius 3 is 2.89 bits per heavy atom. The molecule has 0 saturated carbocycles. The highest BCUT2D eigenvalue weighted by Gasteiger charge is 2.12. The van der Waals surface area contributed by atoms with Crippen molar-refractivity contribution in [3.8, 4) is 0 Å². The number of para-hydroxylation sites is 1. The van der Waals surface area contributed by atoms with E-state index < -0.39 is 0 Å². The van der Waals surface area contributed by atoms with E-state index >= 15 is 0 Å². The molecule has 1 aromatic carbocycles. The van der Waals surface area contributed by atoms with Gasteiger partial charge in [-0.1, -0.05) is 24.3 Å². The molecule has 0 spiro atoms. The molecule has 1 atom stereocenters. The zero-order chi connectivity index (χ0) is 13.7. The fourth-order valence-corrected chi connectivity index (χ4v) is 2.46. The van der Waals surface area contributed by atoms with E-state index in [1.54, 1.807) is 0 Å². The smallest absolute Gasteiger partial charge is 0.0708 e. The molecule has 19 heavy (non-hydrogen) atoms. The van der Waals surface area contributed by atoms with Crippen molar-refractivity contribution in [3.63, 3.8) is 0 Å². The third-order valence-electron chi connectivity index (χ3n) is 3.55. The van der Waals surface area contributed by atoms with E-state index in [-0.39, 0.29) is 0 Å². The molecule has 2 rings (SSSR count). The molecule has 0 fully saturated rings. The highest BCUT2D eigenvalue weighted by Crippen LogP contribution is 2.23. The fraction of sp³-hybridized carbons (Fsp3) is 0.353. The van der Waals surface area contributed by atoms with Gasteiger partial charge in [-0.2, -0.15) is 0 Å². The number of aryl methyl sites for hydroxylation is 1. The van der Waals surface area contributed by atoms with Gasteiger partial charge in [0.25, 0.3) is 0 Å². The molecule has 1 unspecified atom stereocenters. The predicted octanol–water partition coefficient (Wildman–Crippen LogP) is 4.16. The summed E-state index contributed by atoms with van der Waals surface area (Å²) < 4.78 is 0. The quantitative estimate of drug-likeness (QED) is 0.618. The molecule has 2 heteroatoms. The van der Waals surface area contributed by atoms with Crippen molar-refractivity contribution in [1.82, 2.24) is 10.3 Å². The van der Waals surface area contributed by atoms with E-state index in [1.807, 2.05) is 19.2 Å². The number of benzene rings is 1. The summed E-state index contributed by atoms with van der Waals surface area (Å²) in [6, 6.07) is 10.9. The number of allylic oxidation sites excluding steroid dienone is 1. The number of unbranched alkanes of at least 4 members (excludes halogenated alkanes) is 1. The Morgan fingerprint density at radius 2 is 2.16 bits per heavy atom. The van der Waals surface area contributed by atoms with Crippen LogP contribution in [0.5, 0.6) is 0 Å². The van der Waals surface area contributed by atoms with Crippen LogP contribution in [-0.4, -0.2) is 12.0 Å². The van der Waals surface area contributed by atoms with Crippen molar-refractivity contribution in [1.29, 1.82) is 0 Å². The standard InChI is InChI=1S/C17H22N2/c1-4-5-6-11-16(18-3)17-12-13(2)14-9-7-8-10-15(14)19-17/h4,7-10,12,16,18H,1,5-6,11H2,2-3H3. The molecular weight excluding hydrogens is 232 g/mol. The average molecular weight is 254 g/mol. The van der Waals surface area contributed by atoms with Crippen molar-refractivity contribution < 1.29 is 0 Å². The second kappa shape index (κ2) is 6.48. The Labute approximate surface area is 115 Å². The lowest BCUT2D eigenvalue weighted by Crippen LogP contribution is -2.17. The van der Waals surface area contributed by atoms with Gasteiger partial charge in [-0.15, -0.1) is 6.58 Å². The maximum Gasteiger partial charge on any atom is 0.0708 e. The third kappa shape index (κ3) is 3.21.